The van der Waals surface area contributed by atoms with Crippen LogP contribution in [0.2, 0.25) is 0 Å². The molecule has 0 amide bonds. The third-order valence-electron chi connectivity index (χ3n) is 3.79. The van der Waals surface area contributed by atoms with E-state index in [4.69, 9.17) is 8.94 Å². The van der Waals surface area contributed by atoms with Gasteiger partial charge in [0.05, 0.1) is 5.75 Å². The zero-order chi connectivity index (χ0) is 15.5. The van der Waals surface area contributed by atoms with Crippen LogP contribution < -0.4 is 0 Å². The van der Waals surface area contributed by atoms with E-state index in [1.807, 2.05) is 0 Å². The molecule has 9 nitrogen and oxygen atoms in total. The molecule has 1 saturated carbocycles. The molecule has 3 aromatic rings. The molecule has 3 heterocycles. The van der Waals surface area contributed by atoms with E-state index in [2.05, 4.69) is 35.5 Å². The topological polar surface area (TPSA) is 119 Å². The molecule has 0 spiro atoms. The number of aromatic amines is 1. The highest BCUT2D eigenvalue weighted by molar-refractivity contribution is 7.98. The van der Waals surface area contributed by atoms with E-state index in [0.29, 0.717) is 34.4 Å². The van der Waals surface area contributed by atoms with Gasteiger partial charge in [-0.1, -0.05) is 36.2 Å². The van der Waals surface area contributed by atoms with E-state index >= 15 is 0 Å². The largest absolute Gasteiger partial charge is 0.416 e. The van der Waals surface area contributed by atoms with Gasteiger partial charge in [-0.2, -0.15) is 10.1 Å². The Kier molecular flexibility index (Phi) is 4.05. The lowest BCUT2D eigenvalue weighted by molar-refractivity contribution is 0.334. The number of hydrogen-bond acceptors (Lipinski definition) is 9. The molecule has 23 heavy (non-hydrogen) atoms. The Labute approximate surface area is 135 Å². The zero-order valence-corrected chi connectivity index (χ0v) is 13.1. The van der Waals surface area contributed by atoms with Crippen molar-refractivity contribution in [3.63, 3.8) is 0 Å². The van der Waals surface area contributed by atoms with Gasteiger partial charge >= 0.3 is 0 Å². The summed E-state index contributed by atoms with van der Waals surface area (Å²) in [6.45, 7) is 0. The van der Waals surface area contributed by atoms with E-state index in [1.54, 1.807) is 0 Å². The molecule has 0 aromatic carbocycles. The number of aromatic nitrogens is 7. The average Bonchev–Trinajstić information content (AvgIpc) is 3.33. The first-order chi connectivity index (χ1) is 11.4. The molecule has 0 radical (unpaired) electrons. The predicted octanol–water partition coefficient (Wildman–Crippen LogP) is 2.58. The quantitative estimate of drug-likeness (QED) is 0.702. The molecule has 1 aliphatic carbocycles. The fourth-order valence-corrected chi connectivity index (χ4v) is 3.25. The Bertz CT molecular complexity index is 748. The van der Waals surface area contributed by atoms with Crippen LogP contribution in [0.5, 0.6) is 0 Å². The molecule has 1 N–H and O–H groups in total. The van der Waals surface area contributed by atoms with Gasteiger partial charge in [-0.15, -0.1) is 10.2 Å². The number of nitrogens with one attached hydrogen (secondary N) is 1. The predicted molar refractivity (Wildman–Crippen MR) is 79.4 cm³/mol. The van der Waals surface area contributed by atoms with Crippen LogP contribution in [0.4, 0.5) is 0 Å². The fraction of sp³-hybridized carbons (Fsp3) is 0.538. The van der Waals surface area contributed by atoms with Crippen molar-refractivity contribution < 1.29 is 8.94 Å². The van der Waals surface area contributed by atoms with Crippen LogP contribution in [0.25, 0.3) is 11.6 Å². The first kappa shape index (κ1) is 14.4. The summed E-state index contributed by atoms with van der Waals surface area (Å²) >= 11 is 1.39. The third-order valence-corrected chi connectivity index (χ3v) is 4.59. The van der Waals surface area contributed by atoms with Crippen molar-refractivity contribution in [2.24, 2.45) is 0 Å². The standard InChI is InChI=1S/C13H15N7O2S/c1-2-4-8(5-3-1)12-18-19-13(21-12)23-6-9-16-11(20-22-9)10-14-7-15-17-10/h7-8H,1-6H2,(H,14,15,17). The summed E-state index contributed by atoms with van der Waals surface area (Å²) in [5.41, 5.74) is 0. The molecule has 0 bridgehead atoms. The smallest absolute Gasteiger partial charge is 0.277 e. The van der Waals surface area contributed by atoms with Crippen LogP contribution in [0.1, 0.15) is 49.8 Å². The van der Waals surface area contributed by atoms with Crippen LogP contribution in [-0.4, -0.2) is 35.5 Å². The molecule has 1 fully saturated rings. The lowest BCUT2D eigenvalue weighted by Crippen LogP contribution is -2.04. The van der Waals surface area contributed by atoms with Crippen molar-refractivity contribution in [3.05, 3.63) is 18.1 Å². The minimum absolute atomic E-state index is 0.381. The summed E-state index contributed by atoms with van der Waals surface area (Å²) in [7, 11) is 0. The molecule has 3 aromatic heterocycles. The van der Waals surface area contributed by atoms with Crippen molar-refractivity contribution in [2.45, 2.75) is 49.0 Å². The zero-order valence-electron chi connectivity index (χ0n) is 12.3. The Hall–Kier alpha value is -2.23. The van der Waals surface area contributed by atoms with Gasteiger partial charge in [0.25, 0.3) is 5.22 Å². The maximum atomic E-state index is 5.75. The lowest BCUT2D eigenvalue weighted by atomic mass is 9.89. The maximum absolute atomic E-state index is 5.75. The summed E-state index contributed by atoms with van der Waals surface area (Å²) in [6.07, 6.45) is 7.44. The minimum atomic E-state index is 0.381. The van der Waals surface area contributed by atoms with Gasteiger partial charge in [-0.05, 0) is 12.8 Å². The van der Waals surface area contributed by atoms with Gasteiger partial charge in [0.15, 0.2) is 5.82 Å². The van der Waals surface area contributed by atoms with Crippen LogP contribution in [0, 0.1) is 0 Å². The molecule has 0 unspecified atom stereocenters. The summed E-state index contributed by atoms with van der Waals surface area (Å²) in [5.74, 6) is 2.95. The van der Waals surface area contributed by atoms with Crippen molar-refractivity contribution in [3.8, 4) is 11.6 Å². The number of thioether (sulfide) groups is 1. The fourth-order valence-electron chi connectivity index (χ4n) is 2.64. The van der Waals surface area contributed by atoms with Crippen molar-refractivity contribution >= 4 is 11.8 Å². The molecular weight excluding hydrogens is 318 g/mol. The monoisotopic (exact) mass is 333 g/mol. The number of nitrogens with zero attached hydrogens (tertiary/aromatic N) is 6. The molecule has 10 heteroatoms. The molecule has 0 saturated heterocycles. The van der Waals surface area contributed by atoms with Crippen LogP contribution in [-0.2, 0) is 5.75 Å². The Balaban J connectivity index is 1.37. The van der Waals surface area contributed by atoms with E-state index < -0.39 is 0 Å². The average molecular weight is 333 g/mol. The van der Waals surface area contributed by atoms with Crippen LogP contribution in [0.3, 0.4) is 0 Å². The van der Waals surface area contributed by atoms with Crippen molar-refractivity contribution in [1.82, 2.24) is 35.5 Å². The highest BCUT2D eigenvalue weighted by atomic mass is 32.2. The number of H-pyrrole nitrogens is 1. The second-order valence-corrected chi connectivity index (χ2v) is 6.30. The normalized spacial score (nSPS) is 16.0. The van der Waals surface area contributed by atoms with E-state index in [1.165, 1.54) is 37.4 Å². The molecule has 4 rings (SSSR count). The second-order valence-electron chi connectivity index (χ2n) is 5.38. The van der Waals surface area contributed by atoms with E-state index in [9.17, 15) is 0 Å². The molecule has 1 aliphatic rings. The molecule has 0 aliphatic heterocycles. The SMILES string of the molecule is c1n[nH]c(-c2noc(CSc3nnc(C4CCCCC4)o3)n2)n1. The first-order valence-corrected chi connectivity index (χ1v) is 8.51. The van der Waals surface area contributed by atoms with Crippen LogP contribution >= 0.6 is 11.8 Å². The molecule has 0 atom stereocenters. The van der Waals surface area contributed by atoms with Crippen molar-refractivity contribution in [1.29, 1.82) is 0 Å². The highest BCUT2D eigenvalue weighted by Gasteiger charge is 2.21. The van der Waals surface area contributed by atoms with Crippen molar-refractivity contribution in [2.75, 3.05) is 0 Å². The van der Waals surface area contributed by atoms with Gasteiger partial charge in [0.2, 0.25) is 17.6 Å². The van der Waals surface area contributed by atoms with Gasteiger partial charge < -0.3 is 8.94 Å². The lowest BCUT2D eigenvalue weighted by Gasteiger charge is -2.17. The highest BCUT2D eigenvalue weighted by Crippen LogP contribution is 2.33. The van der Waals surface area contributed by atoms with Gasteiger partial charge in [0.1, 0.15) is 6.33 Å². The van der Waals surface area contributed by atoms with E-state index in [-0.39, 0.29) is 0 Å². The molecule has 120 valence electrons. The third kappa shape index (κ3) is 3.26. The Morgan fingerprint density at radius 2 is 2.13 bits per heavy atom. The van der Waals surface area contributed by atoms with Gasteiger partial charge in [0, 0.05) is 5.92 Å². The number of hydrogen-bond donors (Lipinski definition) is 1. The summed E-state index contributed by atoms with van der Waals surface area (Å²) < 4.78 is 10.9. The molecular formula is C13H15N7O2S. The number of rotatable bonds is 5. The Morgan fingerprint density at radius 3 is 2.96 bits per heavy atom. The summed E-state index contributed by atoms with van der Waals surface area (Å²) in [4.78, 5) is 8.22. The van der Waals surface area contributed by atoms with E-state index in [0.717, 1.165) is 18.7 Å². The van der Waals surface area contributed by atoms with Gasteiger partial charge in [-0.3, -0.25) is 5.10 Å². The summed E-state index contributed by atoms with van der Waals surface area (Å²) in [5, 5.41) is 19.1. The second kappa shape index (κ2) is 6.49. The summed E-state index contributed by atoms with van der Waals surface area (Å²) in [6, 6.07) is 0. The first-order valence-electron chi connectivity index (χ1n) is 7.53. The van der Waals surface area contributed by atoms with Crippen LogP contribution in [0.15, 0.2) is 20.5 Å². The minimum Gasteiger partial charge on any atom is -0.416 e. The van der Waals surface area contributed by atoms with Gasteiger partial charge in [-0.25, -0.2) is 4.98 Å². The Morgan fingerprint density at radius 1 is 1.22 bits per heavy atom. The maximum Gasteiger partial charge on any atom is 0.277 e.